The van der Waals surface area contributed by atoms with Gasteiger partial charge in [0.15, 0.2) is 0 Å². The minimum Gasteiger partial charge on any atom is -0.494 e. The summed E-state index contributed by atoms with van der Waals surface area (Å²) in [5, 5.41) is 10.2. The van der Waals surface area contributed by atoms with Gasteiger partial charge in [-0.3, -0.25) is 0 Å². The Labute approximate surface area is 118 Å². The molecule has 1 atom stereocenters. The molecule has 0 amide bonds. The van der Waals surface area contributed by atoms with Gasteiger partial charge in [0.25, 0.3) is 0 Å². The third kappa shape index (κ3) is 3.81. The van der Waals surface area contributed by atoms with Crippen LogP contribution >= 0.6 is 0 Å². The number of ether oxygens (including phenoxy) is 1. The summed E-state index contributed by atoms with van der Waals surface area (Å²) in [6.07, 6.45) is 0.448. The molecule has 1 N–H and O–H groups in total. The normalized spacial score (nSPS) is 12.2. The number of aliphatic hydroxyl groups is 1. The Morgan fingerprint density at radius 3 is 2.70 bits per heavy atom. The van der Waals surface area contributed by atoms with Gasteiger partial charge in [-0.1, -0.05) is 37.3 Å². The molecule has 0 spiro atoms. The summed E-state index contributed by atoms with van der Waals surface area (Å²) in [5.41, 5.74) is 1.25. The average Bonchev–Trinajstić information content (AvgIpc) is 2.48. The van der Waals surface area contributed by atoms with Gasteiger partial charge in [0, 0.05) is 6.42 Å². The maximum absolute atomic E-state index is 13.6. The predicted octanol–water partition coefficient (Wildman–Crippen LogP) is 3.89. The SMILES string of the molecule is CCCOc1cccc(C(O)Cc2ccccc2F)c1. The lowest BCUT2D eigenvalue weighted by Crippen LogP contribution is -2.04. The molecule has 0 aliphatic heterocycles. The van der Waals surface area contributed by atoms with Crippen LogP contribution in [0.2, 0.25) is 0 Å². The molecule has 2 nitrogen and oxygen atoms in total. The third-order valence-corrected chi connectivity index (χ3v) is 3.09. The van der Waals surface area contributed by atoms with Gasteiger partial charge in [-0.25, -0.2) is 4.39 Å². The lowest BCUT2D eigenvalue weighted by atomic mass is 10.0. The Morgan fingerprint density at radius 2 is 1.95 bits per heavy atom. The molecule has 3 heteroatoms. The molecule has 0 saturated carbocycles. The summed E-state index contributed by atoms with van der Waals surface area (Å²) in [6.45, 7) is 2.68. The van der Waals surface area contributed by atoms with Crippen molar-refractivity contribution in [3.05, 3.63) is 65.5 Å². The maximum atomic E-state index is 13.6. The van der Waals surface area contributed by atoms with Crippen molar-refractivity contribution < 1.29 is 14.2 Å². The van der Waals surface area contributed by atoms with Crippen LogP contribution in [-0.2, 0) is 6.42 Å². The van der Waals surface area contributed by atoms with Gasteiger partial charge in [-0.2, -0.15) is 0 Å². The Kier molecular flexibility index (Phi) is 5.13. The first-order chi connectivity index (χ1) is 9.70. The molecule has 0 saturated heterocycles. The summed E-state index contributed by atoms with van der Waals surface area (Å²) in [6, 6.07) is 13.8. The van der Waals surface area contributed by atoms with Crippen molar-refractivity contribution in [1.29, 1.82) is 0 Å². The average molecular weight is 274 g/mol. The topological polar surface area (TPSA) is 29.5 Å². The lowest BCUT2D eigenvalue weighted by Gasteiger charge is -2.13. The van der Waals surface area contributed by atoms with Crippen LogP contribution in [0.1, 0.15) is 30.6 Å². The second-order valence-electron chi connectivity index (χ2n) is 4.73. The first-order valence-electron chi connectivity index (χ1n) is 6.85. The van der Waals surface area contributed by atoms with Crippen LogP contribution in [0.15, 0.2) is 48.5 Å². The largest absolute Gasteiger partial charge is 0.494 e. The monoisotopic (exact) mass is 274 g/mol. The Hall–Kier alpha value is -1.87. The molecule has 20 heavy (non-hydrogen) atoms. The van der Waals surface area contributed by atoms with E-state index in [1.54, 1.807) is 24.3 Å². The van der Waals surface area contributed by atoms with E-state index < -0.39 is 6.10 Å². The summed E-state index contributed by atoms with van der Waals surface area (Å²) in [5.74, 6) is 0.446. The van der Waals surface area contributed by atoms with E-state index in [0.717, 1.165) is 17.7 Å². The molecule has 1 unspecified atom stereocenters. The molecular weight excluding hydrogens is 255 g/mol. The molecule has 0 fully saturated rings. The van der Waals surface area contributed by atoms with Crippen molar-refractivity contribution in [2.24, 2.45) is 0 Å². The fraction of sp³-hybridized carbons (Fsp3) is 0.294. The summed E-state index contributed by atoms with van der Waals surface area (Å²) in [4.78, 5) is 0. The van der Waals surface area contributed by atoms with Gasteiger partial charge in [0.1, 0.15) is 11.6 Å². The maximum Gasteiger partial charge on any atom is 0.126 e. The first kappa shape index (κ1) is 14.5. The minimum absolute atomic E-state index is 0.254. The van der Waals surface area contributed by atoms with E-state index >= 15 is 0 Å². The fourth-order valence-electron chi connectivity index (χ4n) is 2.02. The number of aliphatic hydroxyl groups excluding tert-OH is 1. The lowest BCUT2D eigenvalue weighted by molar-refractivity contribution is 0.176. The number of rotatable bonds is 6. The molecule has 2 aromatic rings. The highest BCUT2D eigenvalue weighted by molar-refractivity contribution is 5.31. The van der Waals surface area contributed by atoms with Crippen LogP contribution in [0, 0.1) is 5.82 Å². The van der Waals surface area contributed by atoms with E-state index in [1.807, 2.05) is 25.1 Å². The van der Waals surface area contributed by atoms with E-state index in [2.05, 4.69) is 0 Å². The number of hydrogen-bond donors (Lipinski definition) is 1. The predicted molar refractivity (Wildman–Crippen MR) is 77.3 cm³/mol. The van der Waals surface area contributed by atoms with Crippen LogP contribution in [0.3, 0.4) is 0 Å². The second kappa shape index (κ2) is 7.06. The first-order valence-corrected chi connectivity index (χ1v) is 6.85. The smallest absolute Gasteiger partial charge is 0.126 e. The zero-order valence-corrected chi connectivity index (χ0v) is 11.6. The van der Waals surface area contributed by atoms with Gasteiger partial charge in [0.2, 0.25) is 0 Å². The zero-order valence-electron chi connectivity index (χ0n) is 11.6. The molecule has 0 heterocycles. The zero-order chi connectivity index (χ0) is 14.4. The highest BCUT2D eigenvalue weighted by atomic mass is 19.1. The van der Waals surface area contributed by atoms with Crippen LogP contribution in [0.25, 0.3) is 0 Å². The fourth-order valence-corrected chi connectivity index (χ4v) is 2.02. The minimum atomic E-state index is -0.739. The van der Waals surface area contributed by atoms with Gasteiger partial charge in [-0.05, 0) is 35.7 Å². The molecule has 106 valence electrons. The number of benzene rings is 2. The molecule has 0 aromatic heterocycles. The quantitative estimate of drug-likeness (QED) is 0.866. The standard InChI is InChI=1S/C17H19FO2/c1-2-10-20-15-8-5-7-14(11-15)17(19)12-13-6-3-4-9-16(13)18/h3-9,11,17,19H,2,10,12H2,1H3. The van der Waals surface area contributed by atoms with Gasteiger partial charge >= 0.3 is 0 Å². The second-order valence-corrected chi connectivity index (χ2v) is 4.73. The highest BCUT2D eigenvalue weighted by Crippen LogP contribution is 2.23. The molecule has 2 rings (SSSR count). The van der Waals surface area contributed by atoms with Crippen LogP contribution in [-0.4, -0.2) is 11.7 Å². The molecule has 0 bridgehead atoms. The molecule has 0 aliphatic rings. The summed E-state index contributed by atoms with van der Waals surface area (Å²) >= 11 is 0. The van der Waals surface area contributed by atoms with Crippen molar-refractivity contribution in [1.82, 2.24) is 0 Å². The molecule has 0 radical (unpaired) electrons. The van der Waals surface area contributed by atoms with Crippen molar-refractivity contribution in [3.63, 3.8) is 0 Å². The van der Waals surface area contributed by atoms with Crippen molar-refractivity contribution in [3.8, 4) is 5.75 Å². The summed E-state index contributed by atoms with van der Waals surface area (Å²) < 4.78 is 19.1. The van der Waals surface area contributed by atoms with Crippen LogP contribution in [0.5, 0.6) is 5.75 Å². The highest BCUT2D eigenvalue weighted by Gasteiger charge is 2.12. The number of hydrogen-bond acceptors (Lipinski definition) is 2. The molecule has 2 aromatic carbocycles. The molecular formula is C17H19FO2. The van der Waals surface area contributed by atoms with Gasteiger partial charge < -0.3 is 9.84 Å². The van der Waals surface area contributed by atoms with E-state index in [1.165, 1.54) is 6.07 Å². The van der Waals surface area contributed by atoms with Crippen LogP contribution in [0.4, 0.5) is 4.39 Å². The van der Waals surface area contributed by atoms with E-state index in [-0.39, 0.29) is 12.2 Å². The molecule has 0 aliphatic carbocycles. The number of halogens is 1. The third-order valence-electron chi connectivity index (χ3n) is 3.09. The van der Waals surface area contributed by atoms with E-state index in [9.17, 15) is 9.50 Å². The van der Waals surface area contributed by atoms with Crippen molar-refractivity contribution in [2.45, 2.75) is 25.9 Å². The van der Waals surface area contributed by atoms with Gasteiger partial charge in [-0.15, -0.1) is 0 Å². The van der Waals surface area contributed by atoms with Gasteiger partial charge in [0.05, 0.1) is 12.7 Å². The van der Waals surface area contributed by atoms with E-state index in [0.29, 0.717) is 12.2 Å². The summed E-state index contributed by atoms with van der Waals surface area (Å²) in [7, 11) is 0. The van der Waals surface area contributed by atoms with Crippen molar-refractivity contribution in [2.75, 3.05) is 6.61 Å². The van der Waals surface area contributed by atoms with E-state index in [4.69, 9.17) is 4.74 Å². The van der Waals surface area contributed by atoms with Crippen LogP contribution < -0.4 is 4.74 Å². The van der Waals surface area contributed by atoms with Crippen molar-refractivity contribution >= 4 is 0 Å². The Bertz CT molecular complexity index is 554. The Balaban J connectivity index is 2.09. The Morgan fingerprint density at radius 1 is 1.15 bits per heavy atom.